The molecule has 0 spiro atoms. The normalized spacial score (nSPS) is 11.5. The van der Waals surface area contributed by atoms with Crippen LogP contribution in [0.4, 0.5) is 0 Å². The van der Waals surface area contributed by atoms with E-state index in [1.165, 1.54) is 0 Å². The summed E-state index contributed by atoms with van der Waals surface area (Å²) in [5, 5.41) is 0. The molecular weight excluding hydrogens is 352 g/mol. The highest BCUT2D eigenvalue weighted by Crippen LogP contribution is 2.22. The zero-order valence-corrected chi connectivity index (χ0v) is 16.1. The molecule has 0 unspecified atom stereocenters. The van der Waals surface area contributed by atoms with Crippen molar-refractivity contribution in [1.29, 1.82) is 0 Å². The number of hydrogen-bond acceptors (Lipinski definition) is 4. The summed E-state index contributed by atoms with van der Waals surface area (Å²) in [6.45, 7) is 5.51. The van der Waals surface area contributed by atoms with Gasteiger partial charge in [-0.2, -0.15) is 0 Å². The minimum atomic E-state index is -0.881. The minimum absolute atomic E-state index is 0.229. The molecule has 1 atom stereocenters. The highest BCUT2D eigenvalue weighted by molar-refractivity contribution is 6.01. The minimum Gasteiger partial charge on any atom is -0.457 e. The van der Waals surface area contributed by atoms with Crippen molar-refractivity contribution < 1.29 is 19.1 Å². The summed E-state index contributed by atoms with van der Waals surface area (Å²) < 4.78 is 11.1. The molecule has 3 aromatic carbocycles. The van der Waals surface area contributed by atoms with Crippen molar-refractivity contribution in [3.05, 3.63) is 95.1 Å². The van der Waals surface area contributed by atoms with Gasteiger partial charge in [-0.25, -0.2) is 4.79 Å². The van der Waals surface area contributed by atoms with Crippen LogP contribution in [0.3, 0.4) is 0 Å². The Balaban J connectivity index is 1.69. The zero-order valence-electron chi connectivity index (χ0n) is 16.1. The molecule has 142 valence electrons. The topological polar surface area (TPSA) is 52.6 Å². The van der Waals surface area contributed by atoms with Crippen molar-refractivity contribution in [3.63, 3.8) is 0 Å². The van der Waals surface area contributed by atoms with Gasteiger partial charge in [-0.15, -0.1) is 0 Å². The number of carbonyl (C=O) groups excluding carboxylic acids is 2. The van der Waals surface area contributed by atoms with Gasteiger partial charge in [-0.1, -0.05) is 36.4 Å². The van der Waals surface area contributed by atoms with Crippen molar-refractivity contribution in [2.24, 2.45) is 0 Å². The summed E-state index contributed by atoms with van der Waals surface area (Å²) in [6.07, 6.45) is -0.881. The maximum atomic E-state index is 12.6. The molecule has 0 N–H and O–H groups in total. The number of aryl methyl sites for hydroxylation is 2. The Morgan fingerprint density at radius 3 is 2.18 bits per heavy atom. The second kappa shape index (κ2) is 8.53. The third-order valence-corrected chi connectivity index (χ3v) is 4.49. The molecule has 0 saturated carbocycles. The van der Waals surface area contributed by atoms with Crippen molar-refractivity contribution in [1.82, 2.24) is 0 Å². The number of ether oxygens (including phenoxy) is 2. The number of hydrogen-bond donors (Lipinski definition) is 0. The van der Waals surface area contributed by atoms with Crippen molar-refractivity contribution >= 4 is 11.8 Å². The Labute approximate surface area is 164 Å². The van der Waals surface area contributed by atoms with Crippen LogP contribution >= 0.6 is 0 Å². The Bertz CT molecular complexity index is 992. The SMILES string of the molecule is Cc1ccc(C(=O)[C@@H](C)OC(=O)c2cccc(Oc3ccccc3)c2)cc1C. The zero-order chi connectivity index (χ0) is 20.1. The van der Waals surface area contributed by atoms with Gasteiger partial charge in [0.2, 0.25) is 5.78 Å². The van der Waals surface area contributed by atoms with E-state index < -0.39 is 12.1 Å². The molecule has 4 heteroatoms. The van der Waals surface area contributed by atoms with E-state index in [0.29, 0.717) is 22.6 Å². The van der Waals surface area contributed by atoms with Crippen LogP contribution in [-0.2, 0) is 4.74 Å². The number of benzene rings is 3. The van der Waals surface area contributed by atoms with Crippen molar-refractivity contribution in [2.45, 2.75) is 26.9 Å². The average Bonchev–Trinajstić information content (AvgIpc) is 2.70. The van der Waals surface area contributed by atoms with Crippen LogP contribution in [0.25, 0.3) is 0 Å². The van der Waals surface area contributed by atoms with Gasteiger partial charge in [0.25, 0.3) is 0 Å². The lowest BCUT2D eigenvalue weighted by molar-refractivity contribution is 0.0318. The standard InChI is InChI=1S/C24H22O4/c1-16-12-13-19(14-17(16)2)23(25)18(3)27-24(26)20-8-7-11-22(15-20)28-21-9-5-4-6-10-21/h4-15,18H,1-3H3/t18-/m1/s1. The van der Waals surface area contributed by atoms with E-state index in [1.54, 1.807) is 37.3 Å². The number of para-hydroxylation sites is 1. The third-order valence-electron chi connectivity index (χ3n) is 4.49. The first kappa shape index (κ1) is 19.4. The van der Waals surface area contributed by atoms with Gasteiger partial charge < -0.3 is 9.47 Å². The Hall–Kier alpha value is -3.40. The summed E-state index contributed by atoms with van der Waals surface area (Å²) >= 11 is 0. The van der Waals surface area contributed by atoms with E-state index in [-0.39, 0.29) is 5.78 Å². The van der Waals surface area contributed by atoms with Crippen LogP contribution in [0, 0.1) is 13.8 Å². The third kappa shape index (κ3) is 4.65. The van der Waals surface area contributed by atoms with E-state index in [4.69, 9.17) is 9.47 Å². The van der Waals surface area contributed by atoms with Crippen LogP contribution in [0.1, 0.15) is 38.8 Å². The molecule has 3 rings (SSSR count). The Kier molecular flexibility index (Phi) is 5.90. The maximum absolute atomic E-state index is 12.6. The number of carbonyl (C=O) groups is 2. The average molecular weight is 374 g/mol. The largest absolute Gasteiger partial charge is 0.457 e. The van der Waals surface area contributed by atoms with Gasteiger partial charge in [0.05, 0.1) is 5.56 Å². The molecule has 0 fully saturated rings. The first-order valence-electron chi connectivity index (χ1n) is 9.09. The highest BCUT2D eigenvalue weighted by Gasteiger charge is 2.21. The van der Waals surface area contributed by atoms with Gasteiger partial charge in [0.15, 0.2) is 6.10 Å². The second-order valence-electron chi connectivity index (χ2n) is 6.65. The van der Waals surface area contributed by atoms with E-state index in [0.717, 1.165) is 11.1 Å². The molecule has 4 nitrogen and oxygen atoms in total. The van der Waals surface area contributed by atoms with E-state index >= 15 is 0 Å². The summed E-state index contributed by atoms with van der Waals surface area (Å²) in [6, 6.07) is 21.5. The smallest absolute Gasteiger partial charge is 0.338 e. The predicted octanol–water partition coefficient (Wildman–Crippen LogP) is 5.52. The second-order valence-corrected chi connectivity index (χ2v) is 6.65. The van der Waals surface area contributed by atoms with Crippen LogP contribution in [-0.4, -0.2) is 17.9 Å². The van der Waals surface area contributed by atoms with Gasteiger partial charge in [0.1, 0.15) is 11.5 Å². The number of rotatable bonds is 6. The van der Waals surface area contributed by atoms with Crippen LogP contribution in [0.5, 0.6) is 11.5 Å². The molecule has 0 amide bonds. The molecule has 28 heavy (non-hydrogen) atoms. The fourth-order valence-electron chi connectivity index (χ4n) is 2.72. The number of ketones is 1. The molecule has 0 bridgehead atoms. The molecule has 0 saturated heterocycles. The lowest BCUT2D eigenvalue weighted by Crippen LogP contribution is -2.24. The highest BCUT2D eigenvalue weighted by atomic mass is 16.5. The van der Waals surface area contributed by atoms with E-state index in [9.17, 15) is 9.59 Å². The number of Topliss-reactive ketones (excluding diaryl/α,β-unsaturated/α-hetero) is 1. The van der Waals surface area contributed by atoms with E-state index in [1.807, 2.05) is 56.3 Å². The fourth-order valence-corrected chi connectivity index (χ4v) is 2.72. The fraction of sp³-hybridized carbons (Fsp3) is 0.167. The first-order valence-corrected chi connectivity index (χ1v) is 9.09. The molecule has 0 aliphatic heterocycles. The molecule has 0 aliphatic rings. The molecule has 0 heterocycles. The van der Waals surface area contributed by atoms with Gasteiger partial charge in [-0.05, 0) is 68.3 Å². The van der Waals surface area contributed by atoms with Crippen LogP contribution < -0.4 is 4.74 Å². The Morgan fingerprint density at radius 1 is 0.750 bits per heavy atom. The van der Waals surface area contributed by atoms with Gasteiger partial charge in [0, 0.05) is 5.56 Å². The van der Waals surface area contributed by atoms with Crippen molar-refractivity contribution in [3.8, 4) is 11.5 Å². The maximum Gasteiger partial charge on any atom is 0.338 e. The van der Waals surface area contributed by atoms with Crippen molar-refractivity contribution in [2.75, 3.05) is 0 Å². The molecular formula is C24H22O4. The van der Waals surface area contributed by atoms with Gasteiger partial charge >= 0.3 is 5.97 Å². The molecule has 0 aliphatic carbocycles. The first-order chi connectivity index (χ1) is 13.4. The molecule has 3 aromatic rings. The van der Waals surface area contributed by atoms with Gasteiger partial charge in [-0.3, -0.25) is 4.79 Å². The summed E-state index contributed by atoms with van der Waals surface area (Å²) in [4.78, 5) is 25.1. The predicted molar refractivity (Wildman–Crippen MR) is 108 cm³/mol. The number of esters is 1. The summed E-state index contributed by atoms with van der Waals surface area (Å²) in [7, 11) is 0. The lowest BCUT2D eigenvalue weighted by Gasteiger charge is -2.14. The monoisotopic (exact) mass is 374 g/mol. The molecule has 0 radical (unpaired) electrons. The summed E-state index contributed by atoms with van der Waals surface area (Å²) in [5.74, 6) is 0.399. The Morgan fingerprint density at radius 2 is 1.46 bits per heavy atom. The summed E-state index contributed by atoms with van der Waals surface area (Å²) in [5.41, 5.74) is 2.99. The van der Waals surface area contributed by atoms with Crippen LogP contribution in [0.2, 0.25) is 0 Å². The molecule has 0 aromatic heterocycles. The lowest BCUT2D eigenvalue weighted by atomic mass is 10.0. The van der Waals surface area contributed by atoms with E-state index in [2.05, 4.69) is 0 Å². The quantitative estimate of drug-likeness (QED) is 0.421. The van der Waals surface area contributed by atoms with Crippen LogP contribution in [0.15, 0.2) is 72.8 Å².